The molecule has 1 aromatic heterocycles. The zero-order valence-corrected chi connectivity index (χ0v) is 8.92. The van der Waals surface area contributed by atoms with Crippen LogP contribution in [-0.4, -0.2) is 21.6 Å². The maximum Gasteiger partial charge on any atom is 0.223 e. The van der Waals surface area contributed by atoms with Gasteiger partial charge < -0.3 is 10.5 Å². The van der Waals surface area contributed by atoms with Gasteiger partial charge in [0.05, 0.1) is 6.61 Å². The second-order valence-electron chi connectivity index (χ2n) is 3.13. The minimum atomic E-state index is 0.215. The second kappa shape index (κ2) is 4.57. The molecular formula is C11H12N4O. The molecule has 2 rings (SSSR count). The quantitative estimate of drug-likeness (QED) is 0.841. The van der Waals surface area contributed by atoms with Gasteiger partial charge in [0.25, 0.3) is 0 Å². The molecule has 1 aromatic carbocycles. The number of nitrogens with zero attached hydrogens (tertiary/aromatic N) is 3. The number of nitrogens with two attached hydrogens (primary N) is 1. The lowest BCUT2D eigenvalue weighted by Crippen LogP contribution is -1.98. The maximum atomic E-state index is 5.50. The summed E-state index contributed by atoms with van der Waals surface area (Å²) in [6.07, 6.45) is 1.39. The van der Waals surface area contributed by atoms with Crippen LogP contribution in [0, 0.1) is 0 Å². The molecule has 5 heteroatoms. The Morgan fingerprint density at radius 3 is 2.94 bits per heavy atom. The van der Waals surface area contributed by atoms with Crippen molar-refractivity contribution in [3.63, 3.8) is 0 Å². The molecule has 1 heterocycles. The van der Waals surface area contributed by atoms with Crippen LogP contribution < -0.4 is 10.5 Å². The molecule has 2 N–H and O–H groups in total. The zero-order valence-electron chi connectivity index (χ0n) is 8.92. The van der Waals surface area contributed by atoms with E-state index in [-0.39, 0.29) is 5.95 Å². The van der Waals surface area contributed by atoms with Gasteiger partial charge in [0.2, 0.25) is 5.95 Å². The van der Waals surface area contributed by atoms with E-state index in [9.17, 15) is 0 Å². The normalized spacial score (nSPS) is 10.1. The third-order valence-corrected chi connectivity index (χ3v) is 1.99. The first-order chi connectivity index (χ1) is 7.79. The topological polar surface area (TPSA) is 73.9 Å². The van der Waals surface area contributed by atoms with Gasteiger partial charge in [0.15, 0.2) is 5.82 Å². The molecule has 0 atom stereocenters. The summed E-state index contributed by atoms with van der Waals surface area (Å²) in [7, 11) is 0. The molecule has 82 valence electrons. The minimum absolute atomic E-state index is 0.215. The van der Waals surface area contributed by atoms with Crippen LogP contribution in [0.1, 0.15) is 6.92 Å². The first-order valence-electron chi connectivity index (χ1n) is 4.97. The predicted molar refractivity (Wildman–Crippen MR) is 60.8 cm³/mol. The molecule has 0 unspecified atom stereocenters. The van der Waals surface area contributed by atoms with Crippen molar-refractivity contribution in [3.8, 4) is 17.1 Å². The Balaban J connectivity index is 2.36. The SMILES string of the molecule is CCOc1cccc(-c2ncnc(N)n2)c1. The number of aromatic nitrogens is 3. The summed E-state index contributed by atoms with van der Waals surface area (Å²) < 4.78 is 5.40. The molecular weight excluding hydrogens is 204 g/mol. The van der Waals surface area contributed by atoms with Crippen molar-refractivity contribution in [2.45, 2.75) is 6.92 Å². The van der Waals surface area contributed by atoms with Crippen molar-refractivity contribution in [2.75, 3.05) is 12.3 Å². The second-order valence-corrected chi connectivity index (χ2v) is 3.13. The molecule has 0 amide bonds. The largest absolute Gasteiger partial charge is 0.494 e. The smallest absolute Gasteiger partial charge is 0.223 e. The van der Waals surface area contributed by atoms with E-state index in [1.165, 1.54) is 6.33 Å². The standard InChI is InChI=1S/C11H12N4O/c1-2-16-9-5-3-4-8(6-9)10-13-7-14-11(12)15-10/h3-7H,2H2,1H3,(H2,12,13,14,15). The fourth-order valence-corrected chi connectivity index (χ4v) is 1.34. The molecule has 0 aliphatic rings. The molecule has 16 heavy (non-hydrogen) atoms. The lowest BCUT2D eigenvalue weighted by Gasteiger charge is -2.05. The van der Waals surface area contributed by atoms with Gasteiger partial charge in [0, 0.05) is 5.56 Å². The highest BCUT2D eigenvalue weighted by Crippen LogP contribution is 2.20. The Hall–Kier alpha value is -2.17. The van der Waals surface area contributed by atoms with Crippen LogP contribution in [0.4, 0.5) is 5.95 Å². The van der Waals surface area contributed by atoms with E-state index in [0.29, 0.717) is 12.4 Å². The molecule has 2 aromatic rings. The highest BCUT2D eigenvalue weighted by molar-refractivity contribution is 5.57. The van der Waals surface area contributed by atoms with Crippen molar-refractivity contribution < 1.29 is 4.74 Å². The van der Waals surface area contributed by atoms with Crippen LogP contribution in [0.25, 0.3) is 11.4 Å². The van der Waals surface area contributed by atoms with E-state index in [2.05, 4.69) is 15.0 Å². The van der Waals surface area contributed by atoms with Crippen molar-refractivity contribution >= 4 is 5.95 Å². The highest BCUT2D eigenvalue weighted by atomic mass is 16.5. The van der Waals surface area contributed by atoms with E-state index in [1.807, 2.05) is 31.2 Å². The Bertz CT molecular complexity index is 487. The van der Waals surface area contributed by atoms with Gasteiger partial charge in [-0.2, -0.15) is 4.98 Å². The minimum Gasteiger partial charge on any atom is -0.494 e. The van der Waals surface area contributed by atoms with Crippen LogP contribution in [0.15, 0.2) is 30.6 Å². The Morgan fingerprint density at radius 1 is 1.31 bits per heavy atom. The van der Waals surface area contributed by atoms with Gasteiger partial charge in [-0.05, 0) is 19.1 Å². The third kappa shape index (κ3) is 2.25. The summed E-state index contributed by atoms with van der Waals surface area (Å²) >= 11 is 0. The van der Waals surface area contributed by atoms with Gasteiger partial charge in [-0.15, -0.1) is 0 Å². The third-order valence-electron chi connectivity index (χ3n) is 1.99. The zero-order chi connectivity index (χ0) is 11.4. The Kier molecular flexibility index (Phi) is 2.95. The van der Waals surface area contributed by atoms with Crippen molar-refractivity contribution in [2.24, 2.45) is 0 Å². The monoisotopic (exact) mass is 216 g/mol. The fourth-order valence-electron chi connectivity index (χ4n) is 1.34. The van der Waals surface area contributed by atoms with Crippen LogP contribution in [-0.2, 0) is 0 Å². The maximum absolute atomic E-state index is 5.50. The Labute approximate surface area is 93.3 Å². The van der Waals surface area contributed by atoms with Crippen molar-refractivity contribution in [1.82, 2.24) is 15.0 Å². The number of hydrogen-bond acceptors (Lipinski definition) is 5. The van der Waals surface area contributed by atoms with Gasteiger partial charge >= 0.3 is 0 Å². The number of benzene rings is 1. The molecule has 5 nitrogen and oxygen atoms in total. The van der Waals surface area contributed by atoms with E-state index < -0.39 is 0 Å². The molecule has 0 saturated heterocycles. The number of hydrogen-bond donors (Lipinski definition) is 1. The Morgan fingerprint density at radius 2 is 2.19 bits per heavy atom. The first-order valence-corrected chi connectivity index (χ1v) is 4.97. The summed E-state index contributed by atoms with van der Waals surface area (Å²) in [4.78, 5) is 11.8. The molecule has 0 fully saturated rings. The van der Waals surface area contributed by atoms with Gasteiger partial charge in [-0.3, -0.25) is 0 Å². The summed E-state index contributed by atoms with van der Waals surface area (Å²) in [5, 5.41) is 0. The van der Waals surface area contributed by atoms with E-state index >= 15 is 0 Å². The molecule has 0 saturated carbocycles. The van der Waals surface area contributed by atoms with Crippen LogP contribution in [0.5, 0.6) is 5.75 Å². The van der Waals surface area contributed by atoms with Crippen molar-refractivity contribution in [1.29, 1.82) is 0 Å². The average Bonchev–Trinajstić information content (AvgIpc) is 2.30. The van der Waals surface area contributed by atoms with Crippen LogP contribution in [0.2, 0.25) is 0 Å². The number of anilines is 1. The summed E-state index contributed by atoms with van der Waals surface area (Å²) in [5.41, 5.74) is 6.36. The van der Waals surface area contributed by atoms with Gasteiger partial charge in [-0.25, -0.2) is 9.97 Å². The number of rotatable bonds is 3. The molecule has 0 bridgehead atoms. The fraction of sp³-hybridized carbons (Fsp3) is 0.182. The average molecular weight is 216 g/mol. The molecule has 0 aliphatic carbocycles. The van der Waals surface area contributed by atoms with Crippen molar-refractivity contribution in [3.05, 3.63) is 30.6 Å². The molecule has 0 aliphatic heterocycles. The molecule has 0 radical (unpaired) electrons. The summed E-state index contributed by atoms with van der Waals surface area (Å²) in [6.45, 7) is 2.57. The van der Waals surface area contributed by atoms with Gasteiger partial charge in [0.1, 0.15) is 12.1 Å². The lowest BCUT2D eigenvalue weighted by molar-refractivity contribution is 0.340. The molecule has 0 spiro atoms. The summed E-state index contributed by atoms with van der Waals surface area (Å²) in [5.74, 6) is 1.56. The summed E-state index contributed by atoms with van der Waals surface area (Å²) in [6, 6.07) is 7.55. The van der Waals surface area contributed by atoms with E-state index in [4.69, 9.17) is 10.5 Å². The van der Waals surface area contributed by atoms with Crippen LogP contribution in [0.3, 0.4) is 0 Å². The first kappa shape index (κ1) is 10.4. The predicted octanol–water partition coefficient (Wildman–Crippen LogP) is 1.52. The van der Waals surface area contributed by atoms with Gasteiger partial charge in [-0.1, -0.05) is 12.1 Å². The van der Waals surface area contributed by atoms with E-state index in [0.717, 1.165) is 11.3 Å². The lowest BCUT2D eigenvalue weighted by atomic mass is 10.2. The van der Waals surface area contributed by atoms with Crippen LogP contribution >= 0.6 is 0 Å². The van der Waals surface area contributed by atoms with E-state index in [1.54, 1.807) is 0 Å². The number of ether oxygens (including phenoxy) is 1. The number of nitrogen functional groups attached to an aromatic ring is 1. The highest BCUT2D eigenvalue weighted by Gasteiger charge is 2.03.